The van der Waals surface area contributed by atoms with Gasteiger partial charge in [-0.25, -0.2) is 4.68 Å². The Hall–Kier alpha value is -1.23. The van der Waals surface area contributed by atoms with Crippen molar-refractivity contribution < 1.29 is 9.53 Å². The van der Waals surface area contributed by atoms with E-state index in [1.54, 1.807) is 0 Å². The highest BCUT2D eigenvalue weighted by molar-refractivity contribution is 5.73. The Morgan fingerprint density at radius 1 is 1.53 bits per heavy atom. The number of carbonyl (C=O) groups excluding carboxylic acids is 1. The number of hydrogen-bond donors (Lipinski definition) is 0. The van der Waals surface area contributed by atoms with Crippen molar-refractivity contribution in [3.05, 3.63) is 11.4 Å². The first kappa shape index (κ1) is 12.2. The molecule has 5 nitrogen and oxygen atoms in total. The third-order valence-corrected chi connectivity index (χ3v) is 3.02. The van der Waals surface area contributed by atoms with Gasteiger partial charge < -0.3 is 4.74 Å². The minimum absolute atomic E-state index is 0.508. The van der Waals surface area contributed by atoms with E-state index in [-0.39, 0.29) is 0 Å². The van der Waals surface area contributed by atoms with Gasteiger partial charge >= 0.3 is 0 Å². The largest absolute Gasteiger partial charge is 0.382 e. The lowest BCUT2D eigenvalue weighted by Gasteiger charge is -2.06. The summed E-state index contributed by atoms with van der Waals surface area (Å²) in [5.74, 6) is 0.734. The summed E-state index contributed by atoms with van der Waals surface area (Å²) in [5, 5.41) is 7.96. The molecular weight excluding hydrogens is 218 g/mol. The molecule has 1 heterocycles. The summed E-state index contributed by atoms with van der Waals surface area (Å²) in [6, 6.07) is 0. The molecule has 1 aliphatic carbocycles. The van der Waals surface area contributed by atoms with Crippen LogP contribution >= 0.6 is 0 Å². The highest BCUT2D eigenvalue weighted by atomic mass is 16.5. The predicted molar refractivity (Wildman–Crippen MR) is 62.9 cm³/mol. The molecule has 1 saturated carbocycles. The molecular formula is C12H19N3O2. The van der Waals surface area contributed by atoms with Gasteiger partial charge in [0.05, 0.1) is 5.69 Å². The number of carbonyl (C=O) groups is 1. The van der Waals surface area contributed by atoms with Gasteiger partial charge in [-0.2, -0.15) is 0 Å². The average Bonchev–Trinajstić information content (AvgIpc) is 3.07. The zero-order chi connectivity index (χ0) is 12.1. The Bertz CT molecular complexity index is 372. The maximum atomic E-state index is 10.9. The van der Waals surface area contributed by atoms with E-state index in [1.165, 1.54) is 12.8 Å². The van der Waals surface area contributed by atoms with Crippen LogP contribution in [-0.2, 0) is 17.7 Å². The molecule has 94 valence electrons. The number of rotatable bonds is 8. The fourth-order valence-electron chi connectivity index (χ4n) is 1.88. The molecule has 0 spiro atoms. The topological polar surface area (TPSA) is 57.0 Å². The van der Waals surface area contributed by atoms with E-state index in [1.807, 2.05) is 11.6 Å². The number of nitrogens with zero attached hydrogens (tertiary/aromatic N) is 3. The van der Waals surface area contributed by atoms with E-state index in [2.05, 4.69) is 10.3 Å². The second kappa shape index (κ2) is 5.91. The first-order valence-corrected chi connectivity index (χ1v) is 6.30. The number of aryl methyl sites for hydroxylation is 1. The van der Waals surface area contributed by atoms with Crippen LogP contribution in [0.15, 0.2) is 0 Å². The quantitative estimate of drug-likeness (QED) is 0.507. The Balaban J connectivity index is 1.94. The second-order valence-electron chi connectivity index (χ2n) is 4.46. The highest BCUT2D eigenvalue weighted by Crippen LogP contribution is 2.32. The maximum absolute atomic E-state index is 10.9. The van der Waals surface area contributed by atoms with E-state index in [9.17, 15) is 4.79 Å². The summed E-state index contributed by atoms with van der Waals surface area (Å²) in [7, 11) is 0. The molecule has 5 heteroatoms. The molecule has 0 radical (unpaired) electrons. The lowest BCUT2D eigenvalue weighted by atomic mass is 10.2. The minimum Gasteiger partial charge on any atom is -0.382 e. The van der Waals surface area contributed by atoms with Crippen molar-refractivity contribution in [2.75, 3.05) is 13.2 Å². The summed E-state index contributed by atoms with van der Waals surface area (Å²) in [6.45, 7) is 4.24. The molecule has 0 bridgehead atoms. The minimum atomic E-state index is 0.508. The molecule has 0 N–H and O–H groups in total. The molecule has 1 aromatic rings. The van der Waals surface area contributed by atoms with Gasteiger partial charge in [-0.15, -0.1) is 5.10 Å². The number of aldehydes is 1. The zero-order valence-corrected chi connectivity index (χ0v) is 10.3. The van der Waals surface area contributed by atoms with Crippen molar-refractivity contribution in [3.63, 3.8) is 0 Å². The standard InChI is InChI=1S/C12H19N3O2/c1-2-17-7-3-6-15-12(8-10-4-5-10)11(9-16)13-14-15/h9-10H,2-8H2,1H3. The number of ether oxygens (including phenoxy) is 1. The predicted octanol–water partition coefficient (Wildman–Crippen LogP) is 1.47. The zero-order valence-electron chi connectivity index (χ0n) is 10.3. The van der Waals surface area contributed by atoms with Crippen molar-refractivity contribution >= 4 is 6.29 Å². The Morgan fingerprint density at radius 3 is 3.00 bits per heavy atom. The van der Waals surface area contributed by atoms with Crippen LogP contribution in [0.5, 0.6) is 0 Å². The van der Waals surface area contributed by atoms with Gasteiger partial charge in [-0.05, 0) is 38.5 Å². The molecule has 0 unspecified atom stereocenters. The molecule has 17 heavy (non-hydrogen) atoms. The van der Waals surface area contributed by atoms with Gasteiger partial charge in [0.15, 0.2) is 6.29 Å². The van der Waals surface area contributed by atoms with Crippen LogP contribution in [0.3, 0.4) is 0 Å². The van der Waals surface area contributed by atoms with Gasteiger partial charge in [0.25, 0.3) is 0 Å². The van der Waals surface area contributed by atoms with E-state index < -0.39 is 0 Å². The lowest BCUT2D eigenvalue weighted by molar-refractivity contribution is 0.111. The van der Waals surface area contributed by atoms with Crippen molar-refractivity contribution in [2.24, 2.45) is 5.92 Å². The highest BCUT2D eigenvalue weighted by Gasteiger charge is 2.25. The van der Waals surface area contributed by atoms with Crippen LogP contribution in [0.2, 0.25) is 0 Å². The Labute approximate surface area is 101 Å². The summed E-state index contributed by atoms with van der Waals surface area (Å²) in [5.41, 5.74) is 1.51. The molecule has 0 amide bonds. The molecule has 1 aromatic heterocycles. The number of hydrogen-bond acceptors (Lipinski definition) is 4. The third-order valence-electron chi connectivity index (χ3n) is 3.02. The summed E-state index contributed by atoms with van der Waals surface area (Å²) in [4.78, 5) is 10.9. The lowest BCUT2D eigenvalue weighted by Crippen LogP contribution is -2.09. The van der Waals surface area contributed by atoms with E-state index in [0.29, 0.717) is 5.69 Å². The molecule has 0 atom stereocenters. The number of aromatic nitrogens is 3. The van der Waals surface area contributed by atoms with Crippen LogP contribution in [0.25, 0.3) is 0 Å². The molecule has 0 aliphatic heterocycles. The van der Waals surface area contributed by atoms with Crippen LogP contribution in [0.4, 0.5) is 0 Å². The van der Waals surface area contributed by atoms with Crippen molar-refractivity contribution in [3.8, 4) is 0 Å². The van der Waals surface area contributed by atoms with E-state index in [0.717, 1.165) is 50.5 Å². The fourth-order valence-corrected chi connectivity index (χ4v) is 1.88. The maximum Gasteiger partial charge on any atom is 0.172 e. The normalized spacial score (nSPS) is 15.1. The van der Waals surface area contributed by atoms with E-state index >= 15 is 0 Å². The van der Waals surface area contributed by atoms with Gasteiger partial charge in [-0.1, -0.05) is 5.21 Å². The summed E-state index contributed by atoms with van der Waals surface area (Å²) in [6.07, 6.45) is 5.19. The Kier molecular flexibility index (Phi) is 4.25. The van der Waals surface area contributed by atoms with Gasteiger partial charge in [-0.3, -0.25) is 4.79 Å². The molecule has 0 saturated heterocycles. The van der Waals surface area contributed by atoms with Gasteiger partial charge in [0.2, 0.25) is 0 Å². The monoisotopic (exact) mass is 237 g/mol. The Morgan fingerprint density at radius 2 is 2.35 bits per heavy atom. The molecule has 0 aromatic carbocycles. The molecule has 2 rings (SSSR count). The molecule has 1 aliphatic rings. The summed E-state index contributed by atoms with van der Waals surface area (Å²) < 4.78 is 7.15. The SMILES string of the molecule is CCOCCCn1nnc(C=O)c1CC1CC1. The third kappa shape index (κ3) is 3.36. The van der Waals surface area contributed by atoms with Crippen LogP contribution in [0.1, 0.15) is 42.4 Å². The van der Waals surface area contributed by atoms with Gasteiger partial charge in [0.1, 0.15) is 5.69 Å². The fraction of sp³-hybridized carbons (Fsp3) is 0.750. The summed E-state index contributed by atoms with van der Waals surface area (Å²) >= 11 is 0. The van der Waals surface area contributed by atoms with Crippen LogP contribution < -0.4 is 0 Å². The van der Waals surface area contributed by atoms with Crippen molar-refractivity contribution in [1.29, 1.82) is 0 Å². The average molecular weight is 237 g/mol. The smallest absolute Gasteiger partial charge is 0.172 e. The van der Waals surface area contributed by atoms with Crippen LogP contribution in [-0.4, -0.2) is 34.5 Å². The van der Waals surface area contributed by atoms with Crippen molar-refractivity contribution in [1.82, 2.24) is 15.0 Å². The van der Waals surface area contributed by atoms with E-state index in [4.69, 9.17) is 4.74 Å². The second-order valence-corrected chi connectivity index (χ2v) is 4.46. The van der Waals surface area contributed by atoms with Crippen LogP contribution in [0, 0.1) is 5.92 Å². The van der Waals surface area contributed by atoms with Gasteiger partial charge in [0, 0.05) is 19.8 Å². The first-order chi connectivity index (χ1) is 8.35. The van der Waals surface area contributed by atoms with Crippen molar-refractivity contribution in [2.45, 2.75) is 39.2 Å². The molecule has 1 fully saturated rings. The first-order valence-electron chi connectivity index (χ1n) is 6.30.